The predicted octanol–water partition coefficient (Wildman–Crippen LogP) is 5.26. The molecule has 48 heavy (non-hydrogen) atoms. The van der Waals surface area contributed by atoms with Gasteiger partial charge in [0.25, 0.3) is 15.9 Å². The quantitative estimate of drug-likeness (QED) is 0.305. The summed E-state index contributed by atoms with van der Waals surface area (Å²) in [6, 6.07) is 17.7. The van der Waals surface area contributed by atoms with Gasteiger partial charge in [-0.15, -0.1) is 0 Å². The Bertz CT molecular complexity index is 1740. The molecule has 3 aromatic rings. The number of aliphatic hydroxyl groups is 1. The van der Waals surface area contributed by atoms with Crippen LogP contribution in [-0.4, -0.2) is 88.7 Å². The van der Waals surface area contributed by atoms with Crippen LogP contribution in [0.3, 0.4) is 0 Å². The monoisotopic (exact) mass is 721 g/mol. The van der Waals surface area contributed by atoms with Gasteiger partial charge < -0.3 is 19.5 Å². The van der Waals surface area contributed by atoms with Crippen LogP contribution in [0.25, 0.3) is 0 Å². The normalized spacial score (nSPS) is 20.8. The first-order valence-electron chi connectivity index (χ1n) is 15.9. The molecule has 3 aromatic carbocycles. The first kappa shape index (κ1) is 37.6. The number of ether oxygens (including phenoxy) is 2. The molecule has 0 spiro atoms. The zero-order valence-electron chi connectivity index (χ0n) is 27.6. The number of fused-ring (bicyclic) bond motifs is 1. The number of halogens is 1. The number of sulfonamides is 2. The van der Waals surface area contributed by atoms with Crippen molar-refractivity contribution in [3.63, 3.8) is 0 Å². The van der Waals surface area contributed by atoms with Gasteiger partial charge in [-0.1, -0.05) is 36.7 Å². The van der Waals surface area contributed by atoms with Gasteiger partial charge >= 0.3 is 0 Å². The Morgan fingerprint density at radius 3 is 2.35 bits per heavy atom. The van der Waals surface area contributed by atoms with Gasteiger partial charge in [-0.3, -0.25) is 9.52 Å². The number of amides is 1. The molecule has 0 aliphatic carbocycles. The molecule has 0 aromatic heterocycles. The summed E-state index contributed by atoms with van der Waals surface area (Å²) in [7, 11) is -6.31. The summed E-state index contributed by atoms with van der Waals surface area (Å²) in [4.78, 5) is 16.0. The summed E-state index contributed by atoms with van der Waals surface area (Å²) >= 11 is 5.94. The molecule has 4 atom stereocenters. The number of aliphatic hydroxyl groups excluding tert-OH is 1. The van der Waals surface area contributed by atoms with Crippen molar-refractivity contribution >= 4 is 43.2 Å². The van der Waals surface area contributed by atoms with Crippen molar-refractivity contribution in [1.82, 2.24) is 9.21 Å². The number of hydrogen-bond donors (Lipinski definition) is 2. The molecule has 1 heterocycles. The largest absolute Gasteiger partial charge is 0.490 e. The van der Waals surface area contributed by atoms with E-state index in [1.807, 2.05) is 13.8 Å². The third kappa shape index (κ3) is 9.48. The van der Waals surface area contributed by atoms with Crippen LogP contribution in [0.4, 0.5) is 5.69 Å². The van der Waals surface area contributed by atoms with Crippen molar-refractivity contribution < 1.29 is 36.2 Å². The Kier molecular flexibility index (Phi) is 12.9. The predicted molar refractivity (Wildman–Crippen MR) is 185 cm³/mol. The van der Waals surface area contributed by atoms with E-state index in [1.54, 1.807) is 31.2 Å². The number of nitrogens with zero attached hydrogens (tertiary/aromatic N) is 2. The average Bonchev–Trinajstić information content (AvgIpc) is 3.06. The minimum Gasteiger partial charge on any atom is -0.490 e. The molecule has 4 rings (SSSR count). The highest BCUT2D eigenvalue weighted by atomic mass is 35.5. The number of anilines is 1. The highest BCUT2D eigenvalue weighted by Gasteiger charge is 2.32. The van der Waals surface area contributed by atoms with Gasteiger partial charge in [0.15, 0.2) is 0 Å². The van der Waals surface area contributed by atoms with Gasteiger partial charge in [-0.2, -0.15) is 4.31 Å². The Morgan fingerprint density at radius 1 is 1.00 bits per heavy atom. The molecule has 0 radical (unpaired) electrons. The van der Waals surface area contributed by atoms with Crippen LogP contribution < -0.4 is 9.46 Å². The second-order valence-electron chi connectivity index (χ2n) is 12.2. The van der Waals surface area contributed by atoms with Crippen LogP contribution in [0.2, 0.25) is 5.02 Å². The Hall–Kier alpha value is -3.20. The summed E-state index contributed by atoms with van der Waals surface area (Å²) in [6.07, 6.45) is 1.26. The highest BCUT2D eigenvalue weighted by molar-refractivity contribution is 7.92. The fourth-order valence-electron chi connectivity index (χ4n) is 5.40. The molecule has 262 valence electrons. The minimum absolute atomic E-state index is 0.00201. The van der Waals surface area contributed by atoms with Crippen molar-refractivity contribution in [2.45, 2.75) is 68.1 Å². The van der Waals surface area contributed by atoms with E-state index in [0.29, 0.717) is 24.5 Å². The van der Waals surface area contributed by atoms with Crippen LogP contribution in [0.1, 0.15) is 50.4 Å². The Morgan fingerprint density at radius 2 is 1.69 bits per heavy atom. The van der Waals surface area contributed by atoms with Crippen LogP contribution in [0, 0.1) is 5.92 Å². The Labute approximate surface area is 288 Å². The lowest BCUT2D eigenvalue weighted by Gasteiger charge is -2.35. The molecular weight excluding hydrogens is 678 g/mol. The van der Waals surface area contributed by atoms with E-state index in [1.165, 1.54) is 64.8 Å². The van der Waals surface area contributed by atoms with Gasteiger partial charge in [0.05, 0.1) is 40.2 Å². The maximum Gasteiger partial charge on any atom is 0.261 e. The summed E-state index contributed by atoms with van der Waals surface area (Å²) in [5, 5.41) is 10.6. The number of likely N-dealkylation sites (N-methyl/N-ethyl adjacent to an activating group) is 1. The lowest BCUT2D eigenvalue weighted by Crippen LogP contribution is -2.48. The molecule has 11 nitrogen and oxygen atoms in total. The third-order valence-corrected chi connectivity index (χ3v) is 11.8. The molecule has 0 saturated heterocycles. The minimum atomic E-state index is -4.01. The van der Waals surface area contributed by atoms with E-state index < -0.39 is 38.1 Å². The summed E-state index contributed by atoms with van der Waals surface area (Å²) in [5.41, 5.74) is 0.261. The molecule has 1 aliphatic rings. The molecule has 14 heteroatoms. The van der Waals surface area contributed by atoms with Gasteiger partial charge in [0.1, 0.15) is 5.75 Å². The van der Waals surface area contributed by atoms with Crippen molar-refractivity contribution in [1.29, 1.82) is 0 Å². The lowest BCUT2D eigenvalue weighted by molar-refractivity contribution is -0.00833. The molecule has 0 saturated carbocycles. The maximum absolute atomic E-state index is 14.4. The molecule has 0 fully saturated rings. The first-order valence-corrected chi connectivity index (χ1v) is 19.2. The van der Waals surface area contributed by atoms with Crippen LogP contribution in [0.5, 0.6) is 5.75 Å². The molecular formula is C34H44ClN3O8S2. The standard InChI is InChI=1S/C34H44ClN3O8S2/c1-24-21-38(25(2)23-39)34(40)31-20-28(36-47(41,42)29-16-13-27(35)14-17-29)15-18-32(31)46-26(3)10-8-9-19-45-33(24)22-37(4)48(43,44)30-11-6-5-7-12-30/h5-7,11-18,20,24-26,33,36,39H,8-10,19,21-23H2,1-4H3/t24-,25+,26-,33+/m1/s1. The van der Waals surface area contributed by atoms with E-state index in [4.69, 9.17) is 21.1 Å². The fourth-order valence-corrected chi connectivity index (χ4v) is 7.78. The number of rotatable bonds is 9. The van der Waals surface area contributed by atoms with Crippen molar-refractivity contribution in [2.75, 3.05) is 38.1 Å². The van der Waals surface area contributed by atoms with Gasteiger partial charge in [-0.05, 0) is 87.7 Å². The maximum atomic E-state index is 14.4. The number of carbonyl (C=O) groups excluding carboxylic acids is 1. The second-order valence-corrected chi connectivity index (χ2v) is 16.3. The second kappa shape index (κ2) is 16.5. The van der Waals surface area contributed by atoms with Crippen LogP contribution in [0.15, 0.2) is 82.6 Å². The number of benzene rings is 3. The van der Waals surface area contributed by atoms with Gasteiger partial charge in [0, 0.05) is 43.4 Å². The first-order chi connectivity index (χ1) is 22.7. The van der Waals surface area contributed by atoms with E-state index in [0.717, 1.165) is 6.42 Å². The zero-order chi connectivity index (χ0) is 35.1. The van der Waals surface area contributed by atoms with Crippen LogP contribution >= 0.6 is 11.6 Å². The topological polar surface area (TPSA) is 143 Å². The highest BCUT2D eigenvalue weighted by Crippen LogP contribution is 2.30. The van der Waals surface area contributed by atoms with E-state index in [2.05, 4.69) is 4.72 Å². The number of carbonyl (C=O) groups is 1. The Balaban J connectivity index is 1.68. The number of nitrogens with one attached hydrogen (secondary N) is 1. The van der Waals surface area contributed by atoms with E-state index in [-0.39, 0.29) is 58.5 Å². The van der Waals surface area contributed by atoms with Gasteiger partial charge in [-0.25, -0.2) is 16.8 Å². The zero-order valence-corrected chi connectivity index (χ0v) is 30.0. The molecule has 0 bridgehead atoms. The SMILES string of the molecule is C[C@@H]1CCCCO[C@@H](CN(C)S(=O)(=O)c2ccccc2)[C@H](C)CN([C@@H](C)CO)C(=O)c2cc(NS(=O)(=O)c3ccc(Cl)cc3)ccc2O1. The number of hydrogen-bond acceptors (Lipinski definition) is 8. The van der Waals surface area contributed by atoms with Gasteiger partial charge in [0.2, 0.25) is 10.0 Å². The smallest absolute Gasteiger partial charge is 0.261 e. The molecule has 2 N–H and O–H groups in total. The molecule has 0 unspecified atom stereocenters. The summed E-state index contributed by atoms with van der Waals surface area (Å²) in [5.74, 6) is -0.573. The fraction of sp³-hybridized carbons (Fsp3) is 0.441. The third-order valence-electron chi connectivity index (χ3n) is 8.32. The summed E-state index contributed by atoms with van der Waals surface area (Å²) in [6.45, 7) is 5.66. The lowest BCUT2D eigenvalue weighted by atomic mass is 10.0. The van der Waals surface area contributed by atoms with Crippen molar-refractivity contribution in [3.8, 4) is 5.75 Å². The molecule has 1 amide bonds. The molecule has 1 aliphatic heterocycles. The van der Waals surface area contributed by atoms with E-state index >= 15 is 0 Å². The van der Waals surface area contributed by atoms with Crippen LogP contribution in [-0.2, 0) is 24.8 Å². The van der Waals surface area contributed by atoms with Crippen molar-refractivity contribution in [2.24, 2.45) is 5.92 Å². The van der Waals surface area contributed by atoms with E-state index in [9.17, 15) is 26.7 Å². The average molecular weight is 722 g/mol. The van der Waals surface area contributed by atoms with Crippen molar-refractivity contribution in [3.05, 3.63) is 83.4 Å². The summed E-state index contributed by atoms with van der Waals surface area (Å²) < 4.78 is 69.4.